The van der Waals surface area contributed by atoms with Crippen LogP contribution in [0.2, 0.25) is 4.34 Å². The van der Waals surface area contributed by atoms with E-state index in [0.29, 0.717) is 15.7 Å². The van der Waals surface area contributed by atoms with Gasteiger partial charge in [-0.25, -0.2) is 0 Å². The van der Waals surface area contributed by atoms with Crippen molar-refractivity contribution in [2.24, 2.45) is 0 Å². The third-order valence-corrected chi connectivity index (χ3v) is 2.73. The fraction of sp³-hybridized carbons (Fsp3) is 0. The van der Waals surface area contributed by atoms with Crippen molar-refractivity contribution in [2.75, 3.05) is 0 Å². The van der Waals surface area contributed by atoms with Gasteiger partial charge >= 0.3 is 0 Å². The van der Waals surface area contributed by atoms with Gasteiger partial charge in [0.25, 0.3) is 0 Å². The molecule has 1 rings (SSSR count). The zero-order valence-electron chi connectivity index (χ0n) is 5.38. The molecule has 1 heterocycles. The molecule has 0 unspecified atom stereocenters. The summed E-state index contributed by atoms with van der Waals surface area (Å²) in [4.78, 5) is 10.8. The molecular weight excluding hydrogens is 203 g/mol. The lowest BCUT2D eigenvalue weighted by Crippen LogP contribution is -1.67. The predicted octanol–water partition coefficient (Wildman–Crippen LogP) is 3.18. The van der Waals surface area contributed by atoms with E-state index in [-0.39, 0.29) is 0 Å². The molecule has 0 saturated heterocycles. The number of aldehydes is 1. The van der Waals surface area contributed by atoms with Crippen LogP contribution in [0.25, 0.3) is 5.03 Å². The molecule has 0 saturated carbocycles. The van der Waals surface area contributed by atoms with Crippen LogP contribution in [0.3, 0.4) is 0 Å². The Morgan fingerprint density at radius 3 is 2.73 bits per heavy atom. The molecule has 0 aliphatic heterocycles. The predicted molar refractivity (Wildman–Crippen MR) is 49.2 cm³/mol. The number of thiophene rings is 1. The Labute approximate surface area is 78.2 Å². The van der Waals surface area contributed by atoms with E-state index in [2.05, 4.69) is 0 Å². The fourth-order valence-electron chi connectivity index (χ4n) is 0.585. The highest BCUT2D eigenvalue weighted by Crippen LogP contribution is 2.29. The lowest BCUT2D eigenvalue weighted by atomic mass is 10.4. The van der Waals surface area contributed by atoms with Gasteiger partial charge in [-0.15, -0.1) is 11.3 Å². The smallest absolute Gasteiger partial charge is 0.144 e. The van der Waals surface area contributed by atoms with Gasteiger partial charge in [-0.2, -0.15) is 0 Å². The van der Waals surface area contributed by atoms with Crippen molar-refractivity contribution in [3.05, 3.63) is 27.4 Å². The lowest BCUT2D eigenvalue weighted by Gasteiger charge is -1.87. The van der Waals surface area contributed by atoms with Gasteiger partial charge in [0.15, 0.2) is 0 Å². The maximum Gasteiger partial charge on any atom is 0.144 e. The topological polar surface area (TPSA) is 17.1 Å². The van der Waals surface area contributed by atoms with Crippen LogP contribution in [0.15, 0.2) is 18.2 Å². The van der Waals surface area contributed by atoms with Gasteiger partial charge in [0.05, 0.1) is 9.37 Å². The monoisotopic (exact) mass is 206 g/mol. The molecule has 0 aromatic carbocycles. The quantitative estimate of drug-likeness (QED) is 0.537. The van der Waals surface area contributed by atoms with E-state index in [9.17, 15) is 4.79 Å². The minimum absolute atomic E-state index is 0.428. The second kappa shape index (κ2) is 3.90. The van der Waals surface area contributed by atoms with Gasteiger partial charge in [-0.05, 0) is 18.2 Å². The Bertz CT molecular complexity index is 290. The third kappa shape index (κ3) is 2.33. The molecule has 0 aliphatic carbocycles. The Morgan fingerprint density at radius 2 is 2.27 bits per heavy atom. The van der Waals surface area contributed by atoms with Crippen LogP contribution < -0.4 is 0 Å². The molecule has 0 N–H and O–H groups in total. The normalized spacial score (nSPS) is 11.6. The van der Waals surface area contributed by atoms with Crippen LogP contribution in [0.5, 0.6) is 0 Å². The van der Waals surface area contributed by atoms with Gasteiger partial charge in [0.2, 0.25) is 0 Å². The Kier molecular flexibility index (Phi) is 3.12. The molecule has 11 heavy (non-hydrogen) atoms. The van der Waals surface area contributed by atoms with Gasteiger partial charge in [-0.3, -0.25) is 4.79 Å². The first-order chi connectivity index (χ1) is 5.24. The number of halogens is 2. The second-order valence-electron chi connectivity index (χ2n) is 1.75. The summed E-state index contributed by atoms with van der Waals surface area (Å²) in [5.74, 6) is 0. The molecule has 0 aliphatic rings. The summed E-state index contributed by atoms with van der Waals surface area (Å²) in [6.45, 7) is 0. The SMILES string of the molecule is O=CC=C(Cl)c1ccc(Cl)s1. The van der Waals surface area contributed by atoms with E-state index < -0.39 is 0 Å². The zero-order valence-corrected chi connectivity index (χ0v) is 7.71. The number of carbonyl (C=O) groups excluding carboxylic acids is 1. The number of rotatable bonds is 2. The average molecular weight is 207 g/mol. The summed E-state index contributed by atoms with van der Waals surface area (Å²) < 4.78 is 0.664. The zero-order chi connectivity index (χ0) is 8.27. The molecule has 58 valence electrons. The van der Waals surface area contributed by atoms with Crippen molar-refractivity contribution in [1.29, 1.82) is 0 Å². The highest BCUT2D eigenvalue weighted by molar-refractivity contribution is 7.17. The van der Waals surface area contributed by atoms with E-state index in [1.54, 1.807) is 12.1 Å². The van der Waals surface area contributed by atoms with E-state index >= 15 is 0 Å². The summed E-state index contributed by atoms with van der Waals surface area (Å²) in [6.07, 6.45) is 1.94. The van der Waals surface area contributed by atoms with Crippen molar-refractivity contribution < 1.29 is 4.79 Å². The summed E-state index contributed by atoms with van der Waals surface area (Å²) >= 11 is 12.7. The second-order valence-corrected chi connectivity index (χ2v) is 3.88. The van der Waals surface area contributed by atoms with Crippen LogP contribution in [0.4, 0.5) is 0 Å². The molecule has 0 fully saturated rings. The molecule has 1 aromatic rings. The molecule has 0 radical (unpaired) electrons. The molecule has 0 atom stereocenters. The minimum Gasteiger partial charge on any atom is -0.299 e. The molecule has 1 nitrogen and oxygen atoms in total. The molecule has 4 heteroatoms. The van der Waals surface area contributed by atoms with Crippen LogP contribution in [-0.2, 0) is 4.79 Å². The highest BCUT2D eigenvalue weighted by atomic mass is 35.5. The average Bonchev–Trinajstić information content (AvgIpc) is 2.36. The van der Waals surface area contributed by atoms with Gasteiger partial charge in [0.1, 0.15) is 6.29 Å². The fourth-order valence-corrected chi connectivity index (χ4v) is 1.77. The molecule has 0 bridgehead atoms. The number of carbonyl (C=O) groups is 1. The van der Waals surface area contributed by atoms with Crippen molar-refractivity contribution in [3.8, 4) is 0 Å². The van der Waals surface area contributed by atoms with E-state index in [4.69, 9.17) is 23.2 Å². The van der Waals surface area contributed by atoms with E-state index in [1.807, 2.05) is 0 Å². The molecule has 1 aromatic heterocycles. The highest BCUT2D eigenvalue weighted by Gasteiger charge is 2.00. The number of allylic oxidation sites excluding steroid dienone is 1. The van der Waals surface area contributed by atoms with Gasteiger partial charge in [0, 0.05) is 4.88 Å². The first kappa shape index (κ1) is 8.78. The maximum absolute atomic E-state index is 10.0. The van der Waals surface area contributed by atoms with Gasteiger partial charge < -0.3 is 0 Å². The first-order valence-corrected chi connectivity index (χ1v) is 4.38. The van der Waals surface area contributed by atoms with Crippen LogP contribution >= 0.6 is 34.5 Å². The number of hydrogen-bond donors (Lipinski definition) is 0. The van der Waals surface area contributed by atoms with Crippen molar-refractivity contribution >= 4 is 45.9 Å². The summed E-state index contributed by atoms with van der Waals surface area (Å²) in [5, 5.41) is 0.428. The molecular formula is C7H4Cl2OS. The minimum atomic E-state index is 0.428. The lowest BCUT2D eigenvalue weighted by molar-refractivity contribution is -0.104. The Hall–Kier alpha value is -0.310. The molecule has 0 amide bonds. The number of hydrogen-bond acceptors (Lipinski definition) is 2. The largest absolute Gasteiger partial charge is 0.299 e. The van der Waals surface area contributed by atoms with Gasteiger partial charge in [-0.1, -0.05) is 23.2 Å². The Balaban J connectivity index is 2.93. The van der Waals surface area contributed by atoms with E-state index in [0.717, 1.165) is 4.88 Å². The van der Waals surface area contributed by atoms with Crippen molar-refractivity contribution in [3.63, 3.8) is 0 Å². The maximum atomic E-state index is 10.0. The standard InChI is InChI=1S/C7H4Cl2OS/c8-5(3-4-10)6-1-2-7(9)11-6/h1-4H. The first-order valence-electron chi connectivity index (χ1n) is 2.80. The van der Waals surface area contributed by atoms with E-state index in [1.165, 1.54) is 17.4 Å². The summed E-state index contributed by atoms with van der Waals surface area (Å²) in [6, 6.07) is 3.51. The van der Waals surface area contributed by atoms with Crippen LogP contribution in [0.1, 0.15) is 4.88 Å². The van der Waals surface area contributed by atoms with Crippen LogP contribution in [-0.4, -0.2) is 6.29 Å². The molecule has 0 spiro atoms. The summed E-state index contributed by atoms with van der Waals surface area (Å²) in [5.41, 5.74) is 0. The third-order valence-electron chi connectivity index (χ3n) is 1.02. The van der Waals surface area contributed by atoms with Crippen molar-refractivity contribution in [1.82, 2.24) is 0 Å². The van der Waals surface area contributed by atoms with Crippen molar-refractivity contribution in [2.45, 2.75) is 0 Å². The Morgan fingerprint density at radius 1 is 1.55 bits per heavy atom. The summed E-state index contributed by atoms with van der Waals surface area (Å²) in [7, 11) is 0. The van der Waals surface area contributed by atoms with Crippen LogP contribution in [0, 0.1) is 0 Å².